The molecule has 2 rings (SSSR count). The molecule has 1 unspecified atom stereocenters. The summed E-state index contributed by atoms with van der Waals surface area (Å²) in [5.74, 6) is 3.88. The van der Waals surface area contributed by atoms with Gasteiger partial charge in [0.1, 0.15) is 17.7 Å². The summed E-state index contributed by atoms with van der Waals surface area (Å²) in [5, 5.41) is 0. The van der Waals surface area contributed by atoms with Crippen LogP contribution in [-0.4, -0.2) is 0 Å². The van der Waals surface area contributed by atoms with Gasteiger partial charge in [0.25, 0.3) is 0 Å². The summed E-state index contributed by atoms with van der Waals surface area (Å²) in [4.78, 5) is 4.80. The van der Waals surface area contributed by atoms with Crippen molar-refractivity contribution in [3.63, 3.8) is 0 Å². The van der Waals surface area contributed by atoms with Crippen LogP contribution >= 0.6 is 0 Å². The summed E-state index contributed by atoms with van der Waals surface area (Å²) in [6.07, 6.45) is -0.679. The lowest BCUT2D eigenvalue weighted by Crippen LogP contribution is -2.11. The number of halogens is 2. The Labute approximate surface area is 97.6 Å². The number of hydrogen-bond donors (Lipinski definition) is 1. The number of benzene rings is 2. The molecule has 2 N–H and O–H groups in total. The Morgan fingerprint density at radius 3 is 2.00 bits per heavy atom. The van der Waals surface area contributed by atoms with Crippen molar-refractivity contribution in [3.8, 4) is 0 Å². The molecule has 0 bridgehead atoms. The van der Waals surface area contributed by atoms with Crippen LogP contribution in [0.4, 0.5) is 8.78 Å². The van der Waals surface area contributed by atoms with Gasteiger partial charge in [0, 0.05) is 6.07 Å². The second kappa shape index (κ2) is 5.03. The highest BCUT2D eigenvalue weighted by molar-refractivity contribution is 5.30. The Balaban J connectivity index is 2.42. The molecule has 17 heavy (non-hydrogen) atoms. The molecule has 2 aromatic carbocycles. The van der Waals surface area contributed by atoms with E-state index in [1.807, 2.05) is 6.07 Å². The van der Waals surface area contributed by atoms with Crippen LogP contribution in [0.25, 0.3) is 0 Å². The second-order valence-corrected chi connectivity index (χ2v) is 3.63. The first-order valence-corrected chi connectivity index (χ1v) is 5.07. The maximum Gasteiger partial charge on any atom is 0.129 e. The molecule has 0 aliphatic heterocycles. The molecular formula is C13H11F2NO. The van der Waals surface area contributed by atoms with E-state index in [0.717, 1.165) is 11.6 Å². The predicted molar refractivity (Wildman–Crippen MR) is 59.9 cm³/mol. The van der Waals surface area contributed by atoms with E-state index in [2.05, 4.69) is 0 Å². The van der Waals surface area contributed by atoms with Gasteiger partial charge in [-0.15, -0.1) is 0 Å². The molecule has 2 nitrogen and oxygen atoms in total. The average Bonchev–Trinajstić information content (AvgIpc) is 2.30. The summed E-state index contributed by atoms with van der Waals surface area (Å²) < 4.78 is 26.2. The van der Waals surface area contributed by atoms with Gasteiger partial charge in [0.15, 0.2) is 0 Å². The van der Waals surface area contributed by atoms with Crippen LogP contribution in [0, 0.1) is 11.6 Å². The SMILES string of the molecule is NOC(c1ccccc1)c1cc(F)cc(F)c1. The Morgan fingerprint density at radius 1 is 0.882 bits per heavy atom. The van der Waals surface area contributed by atoms with E-state index in [-0.39, 0.29) is 0 Å². The maximum atomic E-state index is 13.1. The van der Waals surface area contributed by atoms with Gasteiger partial charge in [-0.05, 0) is 23.3 Å². The maximum absolute atomic E-state index is 13.1. The van der Waals surface area contributed by atoms with Crippen LogP contribution in [0.1, 0.15) is 17.2 Å². The van der Waals surface area contributed by atoms with Gasteiger partial charge in [0.2, 0.25) is 0 Å². The minimum atomic E-state index is -0.679. The Hall–Kier alpha value is -1.78. The predicted octanol–water partition coefficient (Wildman–Crippen LogP) is 2.94. The summed E-state index contributed by atoms with van der Waals surface area (Å²) in [5.41, 5.74) is 1.08. The quantitative estimate of drug-likeness (QED) is 0.830. The minimum absolute atomic E-state index is 0.344. The molecule has 0 aliphatic carbocycles. The fraction of sp³-hybridized carbons (Fsp3) is 0.0769. The zero-order chi connectivity index (χ0) is 12.3. The molecule has 0 amide bonds. The largest absolute Gasteiger partial charge is 0.292 e. The molecule has 0 aliphatic rings. The molecule has 0 heterocycles. The smallest absolute Gasteiger partial charge is 0.129 e. The first-order valence-electron chi connectivity index (χ1n) is 5.07. The zero-order valence-electron chi connectivity index (χ0n) is 8.94. The zero-order valence-corrected chi connectivity index (χ0v) is 8.94. The standard InChI is InChI=1S/C13H11F2NO/c14-11-6-10(7-12(15)8-11)13(17-16)9-4-2-1-3-5-9/h1-8,13H,16H2. The van der Waals surface area contributed by atoms with Crippen molar-refractivity contribution in [2.45, 2.75) is 6.10 Å². The van der Waals surface area contributed by atoms with Crippen molar-refractivity contribution >= 4 is 0 Å². The highest BCUT2D eigenvalue weighted by Gasteiger charge is 2.15. The summed E-state index contributed by atoms with van der Waals surface area (Å²) >= 11 is 0. The first kappa shape index (κ1) is 11.7. The third kappa shape index (κ3) is 2.67. The Kier molecular flexibility index (Phi) is 3.46. The molecule has 88 valence electrons. The lowest BCUT2D eigenvalue weighted by atomic mass is 10.0. The van der Waals surface area contributed by atoms with Gasteiger partial charge < -0.3 is 0 Å². The van der Waals surface area contributed by atoms with Crippen molar-refractivity contribution < 1.29 is 13.6 Å². The number of nitrogens with two attached hydrogens (primary N) is 1. The van der Waals surface area contributed by atoms with Gasteiger partial charge in [-0.2, -0.15) is 0 Å². The normalized spacial score (nSPS) is 12.4. The van der Waals surface area contributed by atoms with Gasteiger partial charge in [0.05, 0.1) is 0 Å². The third-order valence-electron chi connectivity index (χ3n) is 2.43. The van der Waals surface area contributed by atoms with E-state index < -0.39 is 17.7 Å². The van der Waals surface area contributed by atoms with E-state index in [4.69, 9.17) is 10.7 Å². The molecule has 0 spiro atoms. The molecule has 0 saturated carbocycles. The lowest BCUT2D eigenvalue weighted by Gasteiger charge is -2.15. The van der Waals surface area contributed by atoms with Crippen LogP contribution in [0.5, 0.6) is 0 Å². The van der Waals surface area contributed by atoms with Crippen molar-refractivity contribution in [1.82, 2.24) is 0 Å². The molecule has 0 radical (unpaired) electrons. The third-order valence-corrected chi connectivity index (χ3v) is 2.43. The van der Waals surface area contributed by atoms with Crippen LogP contribution < -0.4 is 5.90 Å². The number of hydrogen-bond acceptors (Lipinski definition) is 2. The second-order valence-electron chi connectivity index (χ2n) is 3.63. The Morgan fingerprint density at radius 2 is 1.47 bits per heavy atom. The van der Waals surface area contributed by atoms with E-state index in [1.165, 1.54) is 12.1 Å². The monoisotopic (exact) mass is 235 g/mol. The van der Waals surface area contributed by atoms with Crippen LogP contribution in [0.15, 0.2) is 48.5 Å². The summed E-state index contributed by atoms with van der Waals surface area (Å²) in [6, 6.07) is 12.2. The molecule has 4 heteroatoms. The van der Waals surface area contributed by atoms with Gasteiger partial charge >= 0.3 is 0 Å². The van der Waals surface area contributed by atoms with Crippen LogP contribution in [-0.2, 0) is 4.84 Å². The van der Waals surface area contributed by atoms with Crippen molar-refractivity contribution in [2.24, 2.45) is 5.90 Å². The van der Waals surface area contributed by atoms with Gasteiger partial charge in [-0.1, -0.05) is 30.3 Å². The van der Waals surface area contributed by atoms with Crippen molar-refractivity contribution in [3.05, 3.63) is 71.3 Å². The van der Waals surface area contributed by atoms with E-state index in [9.17, 15) is 8.78 Å². The minimum Gasteiger partial charge on any atom is -0.292 e. The fourth-order valence-electron chi connectivity index (χ4n) is 1.70. The summed E-state index contributed by atoms with van der Waals surface area (Å²) in [6.45, 7) is 0. The van der Waals surface area contributed by atoms with Crippen molar-refractivity contribution in [2.75, 3.05) is 0 Å². The lowest BCUT2D eigenvalue weighted by molar-refractivity contribution is 0.0809. The van der Waals surface area contributed by atoms with Gasteiger partial charge in [-0.3, -0.25) is 4.84 Å². The van der Waals surface area contributed by atoms with Crippen LogP contribution in [0.3, 0.4) is 0 Å². The molecule has 2 aromatic rings. The molecule has 1 atom stereocenters. The van der Waals surface area contributed by atoms with E-state index >= 15 is 0 Å². The van der Waals surface area contributed by atoms with Crippen LogP contribution in [0.2, 0.25) is 0 Å². The summed E-state index contributed by atoms with van der Waals surface area (Å²) in [7, 11) is 0. The first-order chi connectivity index (χ1) is 8.20. The fourth-order valence-corrected chi connectivity index (χ4v) is 1.70. The van der Waals surface area contributed by atoms with Crippen molar-refractivity contribution in [1.29, 1.82) is 0 Å². The highest BCUT2D eigenvalue weighted by Crippen LogP contribution is 2.25. The van der Waals surface area contributed by atoms with E-state index in [1.54, 1.807) is 24.3 Å². The molecule has 0 aromatic heterocycles. The molecule has 0 fully saturated rings. The number of rotatable bonds is 3. The topological polar surface area (TPSA) is 35.2 Å². The Bertz CT molecular complexity index is 482. The van der Waals surface area contributed by atoms with E-state index in [0.29, 0.717) is 5.56 Å². The average molecular weight is 235 g/mol. The highest BCUT2D eigenvalue weighted by atomic mass is 19.1. The molecule has 0 saturated heterocycles. The van der Waals surface area contributed by atoms with Gasteiger partial charge in [-0.25, -0.2) is 14.7 Å². The molecular weight excluding hydrogens is 224 g/mol.